The first kappa shape index (κ1) is 21.3. The maximum absolute atomic E-state index is 11.6. The molecule has 0 aliphatic heterocycles. The van der Waals surface area contributed by atoms with E-state index in [4.69, 9.17) is 0 Å². The quantitative estimate of drug-likeness (QED) is 0.318. The summed E-state index contributed by atoms with van der Waals surface area (Å²) in [4.78, 5) is 23.2. The molecule has 0 unspecified atom stereocenters. The Balaban J connectivity index is 3.34. The molecule has 2 N–H and O–H groups in total. The minimum atomic E-state index is 0.0539. The maximum atomic E-state index is 11.6. The third-order valence-electron chi connectivity index (χ3n) is 3.57. The fraction of sp³-hybridized carbons (Fsp3) is 0.882. The highest BCUT2D eigenvalue weighted by Crippen LogP contribution is 2.02. The maximum Gasteiger partial charge on any atom is 0.220 e. The van der Waals surface area contributed by atoms with Gasteiger partial charge in [0.05, 0.1) is 0 Å². The zero-order chi connectivity index (χ0) is 16.5. The summed E-state index contributed by atoms with van der Waals surface area (Å²) in [6, 6.07) is 0. The van der Waals surface area contributed by atoms with Crippen molar-refractivity contribution in [1.82, 2.24) is 10.6 Å². The van der Waals surface area contributed by atoms with Crippen LogP contribution in [-0.2, 0) is 9.59 Å². The molecule has 0 spiro atoms. The monoisotopic (exact) mass is 330 g/mol. The average molecular weight is 331 g/mol. The molecule has 0 aromatic heterocycles. The van der Waals surface area contributed by atoms with Crippen molar-refractivity contribution in [3.63, 3.8) is 0 Å². The van der Waals surface area contributed by atoms with Gasteiger partial charge < -0.3 is 10.6 Å². The van der Waals surface area contributed by atoms with Crippen molar-refractivity contribution in [1.29, 1.82) is 0 Å². The van der Waals surface area contributed by atoms with E-state index >= 15 is 0 Å². The molecule has 0 bridgehead atoms. The van der Waals surface area contributed by atoms with Crippen molar-refractivity contribution < 1.29 is 9.59 Å². The molecule has 5 heteroatoms. The van der Waals surface area contributed by atoms with E-state index in [-0.39, 0.29) is 11.8 Å². The summed E-state index contributed by atoms with van der Waals surface area (Å²) in [6.45, 7) is 3.69. The fourth-order valence-corrected chi connectivity index (χ4v) is 2.41. The minimum absolute atomic E-state index is 0.0539. The third kappa shape index (κ3) is 15.7. The van der Waals surface area contributed by atoms with Crippen molar-refractivity contribution >= 4 is 24.4 Å². The standard InChI is InChI=1S/C17H34N2O2S/c1-2-3-4-5-7-13-18-16(20)11-10-12-17(21)19-14-8-6-9-15-22/h22H,2-15H2,1H3,(H,18,20)(H,19,21). The number of unbranched alkanes of at least 4 members (excludes halogenated alkanes) is 6. The third-order valence-corrected chi connectivity index (χ3v) is 3.88. The van der Waals surface area contributed by atoms with E-state index in [1.54, 1.807) is 0 Å². The molecule has 0 atom stereocenters. The van der Waals surface area contributed by atoms with Gasteiger partial charge in [0.2, 0.25) is 11.8 Å². The van der Waals surface area contributed by atoms with Crippen LogP contribution in [0.1, 0.15) is 77.6 Å². The summed E-state index contributed by atoms with van der Waals surface area (Å²) < 4.78 is 0. The molecule has 4 nitrogen and oxygen atoms in total. The van der Waals surface area contributed by atoms with Crippen molar-refractivity contribution in [3.8, 4) is 0 Å². The number of carbonyl (C=O) groups excluding carboxylic acids is 2. The minimum Gasteiger partial charge on any atom is -0.356 e. The number of hydrogen-bond acceptors (Lipinski definition) is 3. The molecule has 0 rings (SSSR count). The summed E-state index contributed by atoms with van der Waals surface area (Å²) in [5.41, 5.74) is 0. The SMILES string of the molecule is CCCCCCCNC(=O)CCCC(=O)NCCCCCS. The lowest BCUT2D eigenvalue weighted by atomic mass is 10.1. The fourth-order valence-electron chi connectivity index (χ4n) is 2.18. The summed E-state index contributed by atoms with van der Waals surface area (Å²) in [6.07, 6.45) is 10.7. The predicted molar refractivity (Wildman–Crippen MR) is 96.3 cm³/mol. The molecule has 0 aliphatic rings. The highest BCUT2D eigenvalue weighted by Gasteiger charge is 2.04. The molecule has 2 amide bonds. The van der Waals surface area contributed by atoms with Crippen molar-refractivity contribution in [2.75, 3.05) is 18.8 Å². The molecule has 130 valence electrons. The van der Waals surface area contributed by atoms with Crippen LogP contribution in [0.25, 0.3) is 0 Å². The molecule has 22 heavy (non-hydrogen) atoms. The molecular weight excluding hydrogens is 296 g/mol. The van der Waals surface area contributed by atoms with Crippen LogP contribution in [0.4, 0.5) is 0 Å². The molecule has 0 fully saturated rings. The Bertz CT molecular complexity index is 286. The van der Waals surface area contributed by atoms with Crippen LogP contribution in [0.5, 0.6) is 0 Å². The first-order chi connectivity index (χ1) is 10.7. The Morgan fingerprint density at radius 2 is 1.23 bits per heavy atom. The zero-order valence-corrected chi connectivity index (χ0v) is 15.1. The lowest BCUT2D eigenvalue weighted by Crippen LogP contribution is -2.26. The first-order valence-electron chi connectivity index (χ1n) is 8.85. The van der Waals surface area contributed by atoms with Gasteiger partial charge in [-0.25, -0.2) is 0 Å². The molecule has 0 aliphatic carbocycles. The van der Waals surface area contributed by atoms with Crippen LogP contribution in [0.3, 0.4) is 0 Å². The highest BCUT2D eigenvalue weighted by molar-refractivity contribution is 7.80. The Kier molecular flexibility index (Phi) is 16.1. The van der Waals surface area contributed by atoms with E-state index in [9.17, 15) is 9.59 Å². The van der Waals surface area contributed by atoms with Crippen LogP contribution in [0, 0.1) is 0 Å². The molecule has 0 aromatic carbocycles. The van der Waals surface area contributed by atoms with Gasteiger partial charge in [-0.2, -0.15) is 12.6 Å². The average Bonchev–Trinajstić information content (AvgIpc) is 2.50. The van der Waals surface area contributed by atoms with Crippen LogP contribution in [-0.4, -0.2) is 30.7 Å². The second-order valence-electron chi connectivity index (χ2n) is 5.75. The van der Waals surface area contributed by atoms with Crippen molar-refractivity contribution in [3.05, 3.63) is 0 Å². The normalized spacial score (nSPS) is 10.5. The number of thiol groups is 1. The number of rotatable bonds is 15. The van der Waals surface area contributed by atoms with Gasteiger partial charge >= 0.3 is 0 Å². The van der Waals surface area contributed by atoms with E-state index in [1.165, 1.54) is 25.7 Å². The summed E-state index contributed by atoms with van der Waals surface area (Å²) >= 11 is 4.15. The van der Waals surface area contributed by atoms with Crippen molar-refractivity contribution in [2.45, 2.75) is 77.6 Å². The van der Waals surface area contributed by atoms with Crippen molar-refractivity contribution in [2.24, 2.45) is 0 Å². The van der Waals surface area contributed by atoms with Gasteiger partial charge in [-0.05, 0) is 31.4 Å². The predicted octanol–water partition coefficient (Wildman–Crippen LogP) is 3.46. The van der Waals surface area contributed by atoms with Gasteiger partial charge in [0.15, 0.2) is 0 Å². The van der Waals surface area contributed by atoms with Gasteiger partial charge in [0, 0.05) is 25.9 Å². The van der Waals surface area contributed by atoms with E-state index in [2.05, 4.69) is 30.2 Å². The summed E-state index contributed by atoms with van der Waals surface area (Å²) in [5, 5.41) is 5.81. The van der Waals surface area contributed by atoms with Gasteiger partial charge in [-0.15, -0.1) is 0 Å². The van der Waals surface area contributed by atoms with Crippen LogP contribution in [0.2, 0.25) is 0 Å². The highest BCUT2D eigenvalue weighted by atomic mass is 32.1. The molecule has 0 heterocycles. The Morgan fingerprint density at radius 3 is 1.73 bits per heavy atom. The number of nitrogens with one attached hydrogen (secondary N) is 2. The van der Waals surface area contributed by atoms with Crippen LogP contribution >= 0.6 is 12.6 Å². The molecule has 0 saturated heterocycles. The zero-order valence-electron chi connectivity index (χ0n) is 14.2. The number of amides is 2. The van der Waals surface area contributed by atoms with Crippen LogP contribution in [0.15, 0.2) is 0 Å². The lowest BCUT2D eigenvalue weighted by Gasteiger charge is -2.06. The smallest absolute Gasteiger partial charge is 0.220 e. The largest absolute Gasteiger partial charge is 0.356 e. The first-order valence-corrected chi connectivity index (χ1v) is 9.48. The van der Waals surface area contributed by atoms with Crippen LogP contribution < -0.4 is 10.6 Å². The van der Waals surface area contributed by atoms with Gasteiger partial charge in [0.25, 0.3) is 0 Å². The molecule has 0 aromatic rings. The van der Waals surface area contributed by atoms with E-state index < -0.39 is 0 Å². The topological polar surface area (TPSA) is 58.2 Å². The second kappa shape index (κ2) is 16.7. The van der Waals surface area contributed by atoms with E-state index in [0.29, 0.717) is 19.3 Å². The molecule has 0 saturated carbocycles. The molecular formula is C17H34N2O2S. The number of carbonyl (C=O) groups is 2. The Labute approximate surface area is 141 Å². The Hall–Kier alpha value is -0.710. The number of hydrogen-bond donors (Lipinski definition) is 3. The Morgan fingerprint density at radius 1 is 0.727 bits per heavy atom. The lowest BCUT2D eigenvalue weighted by molar-refractivity contribution is -0.122. The van der Waals surface area contributed by atoms with E-state index in [0.717, 1.165) is 44.5 Å². The molecule has 0 radical (unpaired) electrons. The van der Waals surface area contributed by atoms with Gasteiger partial charge in [-0.3, -0.25) is 9.59 Å². The van der Waals surface area contributed by atoms with Gasteiger partial charge in [-0.1, -0.05) is 39.0 Å². The summed E-state index contributed by atoms with van der Waals surface area (Å²) in [5.74, 6) is 1.03. The summed E-state index contributed by atoms with van der Waals surface area (Å²) in [7, 11) is 0. The van der Waals surface area contributed by atoms with Gasteiger partial charge in [0.1, 0.15) is 0 Å². The second-order valence-corrected chi connectivity index (χ2v) is 6.20. The van der Waals surface area contributed by atoms with E-state index in [1.807, 2.05) is 0 Å².